The Morgan fingerprint density at radius 1 is 1.33 bits per heavy atom. The third-order valence-corrected chi connectivity index (χ3v) is 4.41. The third-order valence-electron chi connectivity index (χ3n) is 4.41. The number of ether oxygens (including phenoxy) is 1. The monoisotopic (exact) mass is 337 g/mol. The van der Waals surface area contributed by atoms with Crippen LogP contribution in [0.4, 0.5) is 0 Å². The summed E-state index contributed by atoms with van der Waals surface area (Å²) in [6, 6.07) is 0. The van der Waals surface area contributed by atoms with Crippen molar-refractivity contribution in [1.82, 2.24) is 4.90 Å². The first-order valence-corrected chi connectivity index (χ1v) is 8.56. The average molecular weight is 337 g/mol. The summed E-state index contributed by atoms with van der Waals surface area (Å²) in [5, 5.41) is 8.79. The van der Waals surface area contributed by atoms with Crippen molar-refractivity contribution in [1.29, 1.82) is 0 Å². The van der Waals surface area contributed by atoms with Crippen LogP contribution in [-0.4, -0.2) is 66.4 Å². The molecule has 1 aliphatic heterocycles. The van der Waals surface area contributed by atoms with Gasteiger partial charge in [0, 0.05) is 24.4 Å². The second-order valence-electron chi connectivity index (χ2n) is 6.30. The molecule has 2 aliphatic rings. The maximum absolute atomic E-state index is 12.6. The molecule has 0 atom stereocenters. The van der Waals surface area contributed by atoms with E-state index in [-0.39, 0.29) is 36.6 Å². The first kappa shape index (κ1) is 18.6. The molecule has 24 heavy (non-hydrogen) atoms. The molecular formula is C17H27N3O4. The summed E-state index contributed by atoms with van der Waals surface area (Å²) in [6.07, 6.45) is 4.02. The zero-order valence-corrected chi connectivity index (χ0v) is 14.3. The minimum atomic E-state index is -0.150. The molecule has 3 N–H and O–H groups in total. The number of hydrogen-bond acceptors (Lipinski definition) is 6. The Labute approximate surface area is 142 Å². The molecule has 0 bridgehead atoms. The van der Waals surface area contributed by atoms with E-state index in [1.807, 2.05) is 0 Å². The van der Waals surface area contributed by atoms with Gasteiger partial charge in [0.05, 0.1) is 25.9 Å². The molecule has 1 saturated heterocycles. The summed E-state index contributed by atoms with van der Waals surface area (Å²) >= 11 is 0. The van der Waals surface area contributed by atoms with Gasteiger partial charge in [-0.15, -0.1) is 0 Å². The number of ketones is 1. The number of aliphatic hydroxyl groups excluding tert-OH is 1. The molecule has 1 heterocycles. The van der Waals surface area contributed by atoms with Crippen molar-refractivity contribution in [3.05, 3.63) is 11.3 Å². The molecule has 0 unspecified atom stereocenters. The molecule has 0 aromatic heterocycles. The van der Waals surface area contributed by atoms with Crippen LogP contribution in [-0.2, 0) is 14.3 Å². The van der Waals surface area contributed by atoms with Gasteiger partial charge in [0.2, 0.25) is 0 Å². The van der Waals surface area contributed by atoms with Crippen LogP contribution in [0.1, 0.15) is 39.0 Å². The van der Waals surface area contributed by atoms with E-state index < -0.39 is 0 Å². The number of nitrogens with zero attached hydrogens (tertiary/aromatic N) is 2. The summed E-state index contributed by atoms with van der Waals surface area (Å²) in [5.74, 6) is -0.147. The molecule has 2 rings (SSSR count). The smallest absolute Gasteiger partial charge is 0.270 e. The van der Waals surface area contributed by atoms with Crippen LogP contribution in [0.15, 0.2) is 16.3 Å². The molecule has 1 aliphatic carbocycles. The van der Waals surface area contributed by atoms with Gasteiger partial charge in [0.25, 0.3) is 5.91 Å². The largest absolute Gasteiger partial charge is 0.394 e. The lowest BCUT2D eigenvalue weighted by Crippen LogP contribution is -2.43. The summed E-state index contributed by atoms with van der Waals surface area (Å²) in [5.41, 5.74) is 8.00. The van der Waals surface area contributed by atoms with Crippen LogP contribution >= 0.6 is 0 Å². The summed E-state index contributed by atoms with van der Waals surface area (Å²) in [6.45, 7) is 3.20. The van der Waals surface area contributed by atoms with Crippen LogP contribution in [0.2, 0.25) is 0 Å². The van der Waals surface area contributed by atoms with Crippen LogP contribution < -0.4 is 5.73 Å². The predicted molar refractivity (Wildman–Crippen MR) is 90.7 cm³/mol. The Hall–Kier alpha value is -1.73. The van der Waals surface area contributed by atoms with Crippen molar-refractivity contribution in [2.24, 2.45) is 10.7 Å². The van der Waals surface area contributed by atoms with E-state index in [9.17, 15) is 9.59 Å². The lowest BCUT2D eigenvalue weighted by molar-refractivity contribution is -0.130. The van der Waals surface area contributed by atoms with Crippen molar-refractivity contribution in [2.45, 2.75) is 45.1 Å². The molecule has 7 heteroatoms. The highest BCUT2D eigenvalue weighted by atomic mass is 16.5. The molecule has 2 fully saturated rings. The fraction of sp³-hybridized carbons (Fsp3) is 0.706. The van der Waals surface area contributed by atoms with Gasteiger partial charge < -0.3 is 20.5 Å². The van der Waals surface area contributed by atoms with Gasteiger partial charge in [-0.2, -0.15) is 0 Å². The number of Topliss-reactive ketones (excluding diaryl/α,β-unsaturated/α-hetero) is 1. The zero-order chi connectivity index (χ0) is 17.5. The number of likely N-dealkylation sites (tertiary alicyclic amines) is 1. The van der Waals surface area contributed by atoms with Crippen molar-refractivity contribution in [3.8, 4) is 0 Å². The molecule has 0 radical (unpaired) electrons. The number of amides is 1. The fourth-order valence-corrected chi connectivity index (χ4v) is 3.14. The van der Waals surface area contributed by atoms with Gasteiger partial charge in [0.15, 0.2) is 5.78 Å². The van der Waals surface area contributed by atoms with Gasteiger partial charge in [-0.3, -0.25) is 14.6 Å². The van der Waals surface area contributed by atoms with Crippen LogP contribution in [0, 0.1) is 0 Å². The molecule has 7 nitrogen and oxygen atoms in total. The number of carbonyl (C=O) groups excluding carboxylic acids is 2. The van der Waals surface area contributed by atoms with Gasteiger partial charge in [-0.1, -0.05) is 0 Å². The van der Waals surface area contributed by atoms with E-state index in [1.54, 1.807) is 4.90 Å². The van der Waals surface area contributed by atoms with E-state index in [4.69, 9.17) is 15.6 Å². The lowest BCUT2D eigenvalue weighted by Gasteiger charge is -2.32. The van der Waals surface area contributed by atoms with Crippen LogP contribution in [0.5, 0.6) is 0 Å². The highest BCUT2D eigenvalue weighted by Crippen LogP contribution is 2.25. The van der Waals surface area contributed by atoms with Gasteiger partial charge in [0.1, 0.15) is 5.70 Å². The second-order valence-corrected chi connectivity index (χ2v) is 6.30. The Bertz CT molecular complexity index is 534. The fourth-order valence-electron chi connectivity index (χ4n) is 3.14. The number of rotatable bonds is 6. The Balaban J connectivity index is 1.98. The van der Waals surface area contributed by atoms with Crippen molar-refractivity contribution in [3.63, 3.8) is 0 Å². The highest BCUT2D eigenvalue weighted by Gasteiger charge is 2.28. The second kappa shape index (κ2) is 8.94. The van der Waals surface area contributed by atoms with Gasteiger partial charge in [-0.05, 0) is 39.0 Å². The van der Waals surface area contributed by atoms with Crippen molar-refractivity contribution >= 4 is 17.4 Å². The molecule has 0 aromatic rings. The quantitative estimate of drug-likeness (QED) is 0.683. The number of carbonyl (C=O) groups is 2. The Morgan fingerprint density at radius 3 is 2.67 bits per heavy atom. The van der Waals surface area contributed by atoms with E-state index in [1.165, 1.54) is 6.92 Å². The summed E-state index contributed by atoms with van der Waals surface area (Å²) in [7, 11) is 0. The van der Waals surface area contributed by atoms with E-state index in [0.717, 1.165) is 43.4 Å². The van der Waals surface area contributed by atoms with E-state index in [2.05, 4.69) is 4.99 Å². The topological polar surface area (TPSA) is 105 Å². The van der Waals surface area contributed by atoms with Gasteiger partial charge in [-0.25, -0.2) is 0 Å². The van der Waals surface area contributed by atoms with Gasteiger partial charge >= 0.3 is 0 Å². The maximum atomic E-state index is 12.6. The first-order chi connectivity index (χ1) is 11.5. The minimum absolute atomic E-state index is 0.00333. The maximum Gasteiger partial charge on any atom is 0.270 e. The average Bonchev–Trinajstić information content (AvgIpc) is 3.05. The molecule has 1 amide bonds. The van der Waals surface area contributed by atoms with Crippen molar-refractivity contribution < 1.29 is 19.4 Å². The number of piperidine rings is 1. The number of nitrogens with two attached hydrogens (primary N) is 1. The molecule has 0 spiro atoms. The Kier molecular flexibility index (Phi) is 6.93. The van der Waals surface area contributed by atoms with Crippen LogP contribution in [0.25, 0.3) is 0 Å². The molecule has 0 aromatic carbocycles. The summed E-state index contributed by atoms with van der Waals surface area (Å²) in [4.78, 5) is 29.8. The Morgan fingerprint density at radius 2 is 2.04 bits per heavy atom. The minimum Gasteiger partial charge on any atom is -0.394 e. The number of aliphatic imine (C=N–C) groups is 1. The molecular weight excluding hydrogens is 310 g/mol. The summed E-state index contributed by atoms with van der Waals surface area (Å²) < 4.78 is 5.51. The predicted octanol–water partition coefficient (Wildman–Crippen LogP) is 0.413. The van der Waals surface area contributed by atoms with Crippen LogP contribution in [0.3, 0.4) is 0 Å². The molecule has 1 saturated carbocycles. The zero-order valence-electron chi connectivity index (χ0n) is 14.3. The normalized spacial score (nSPS) is 22.9. The third kappa shape index (κ3) is 4.88. The van der Waals surface area contributed by atoms with E-state index >= 15 is 0 Å². The SMILES string of the molecule is CC(=O)CN=C1CCC/C1=C(/N)C(=O)N1CCC(OCCO)CC1. The lowest BCUT2D eigenvalue weighted by atomic mass is 10.1. The van der Waals surface area contributed by atoms with Crippen molar-refractivity contribution in [2.75, 3.05) is 32.8 Å². The first-order valence-electron chi connectivity index (χ1n) is 8.56. The van der Waals surface area contributed by atoms with E-state index in [0.29, 0.717) is 19.7 Å². The number of hydrogen-bond donors (Lipinski definition) is 2. The standard InChI is InChI=1S/C17H27N3O4/c1-12(22)11-19-15-4-2-3-14(15)16(18)17(23)20-7-5-13(6-8-20)24-10-9-21/h13,21H,2-11,18H2,1H3/b16-14-,19-15?. The highest BCUT2D eigenvalue weighted by molar-refractivity contribution is 6.09. The number of allylic oxidation sites excluding steroid dienone is 1. The number of aliphatic hydroxyl groups is 1. The molecule has 134 valence electrons.